The number of carbonyl (C=O) groups excluding carboxylic acids is 4. The molecule has 0 saturated carbocycles. The number of hydrogen-bond acceptors (Lipinski definition) is 9. The molecule has 0 aliphatic carbocycles. The van der Waals surface area contributed by atoms with E-state index in [1.54, 1.807) is 79.7 Å². The zero-order chi connectivity index (χ0) is 39.1. The van der Waals surface area contributed by atoms with Gasteiger partial charge in [-0.2, -0.15) is 0 Å². The predicted octanol–water partition coefficient (Wildman–Crippen LogP) is 2.65. The fraction of sp³-hybridized carbons (Fsp3) is 0.737. The quantitative estimate of drug-likeness (QED) is 0.153. The molecule has 2 rings (SSSR count). The molecule has 1 fully saturated rings. The number of aliphatic hydroxyl groups excluding tert-OH is 2. The van der Waals surface area contributed by atoms with Gasteiger partial charge in [0.25, 0.3) is 0 Å². The highest BCUT2D eigenvalue weighted by molar-refractivity contribution is 5.89. The van der Waals surface area contributed by atoms with Gasteiger partial charge in [0.2, 0.25) is 23.6 Å². The monoisotopic (exact) mass is 721 g/mol. The number of aliphatic hydroxyl groups is 2. The Morgan fingerprint density at radius 1 is 1.02 bits per heavy atom. The molecule has 0 spiro atoms. The number of likely N-dealkylation sites (tertiary alicyclic amines) is 1. The first-order valence-corrected chi connectivity index (χ1v) is 18.2. The van der Waals surface area contributed by atoms with E-state index in [0.29, 0.717) is 18.5 Å². The minimum absolute atomic E-state index is 0.00388. The van der Waals surface area contributed by atoms with Crippen LogP contribution in [0.3, 0.4) is 0 Å². The molecule has 1 saturated heterocycles. The molecule has 0 bridgehead atoms. The molecule has 1 aromatic carbocycles. The van der Waals surface area contributed by atoms with Crippen LogP contribution in [0.5, 0.6) is 0 Å². The van der Waals surface area contributed by atoms with Gasteiger partial charge in [0.15, 0.2) is 0 Å². The van der Waals surface area contributed by atoms with Gasteiger partial charge in [-0.3, -0.25) is 19.2 Å². The number of nitrogens with one attached hydrogen (secondary N) is 3. The van der Waals surface area contributed by atoms with E-state index in [1.165, 1.54) is 0 Å². The van der Waals surface area contributed by atoms with Gasteiger partial charge in [0.05, 0.1) is 60.9 Å². The molecule has 13 heteroatoms. The SMILES string of the molecule is CC(C)O.CCC(C)C(C(CC(=O)N1CCCC1C(OC)C(C)C(=O)NC(C)C(O)c1ccccc1)OC)N(C)C(=O)CNC(=O)C(C)(C)NC. The maximum absolute atomic E-state index is 13.9. The fourth-order valence-corrected chi connectivity index (χ4v) is 6.31. The van der Waals surface area contributed by atoms with Crippen molar-refractivity contribution >= 4 is 23.6 Å². The van der Waals surface area contributed by atoms with Crippen LogP contribution >= 0.6 is 0 Å². The van der Waals surface area contributed by atoms with Crippen LogP contribution in [0.4, 0.5) is 0 Å². The number of nitrogens with zero attached hydrogens (tertiary/aromatic N) is 2. The minimum Gasteiger partial charge on any atom is -0.394 e. The maximum Gasteiger partial charge on any atom is 0.242 e. The van der Waals surface area contributed by atoms with Gasteiger partial charge in [-0.05, 0) is 66.0 Å². The Bertz CT molecular complexity index is 1210. The summed E-state index contributed by atoms with van der Waals surface area (Å²) in [5, 5.41) is 27.4. The van der Waals surface area contributed by atoms with E-state index in [9.17, 15) is 24.3 Å². The van der Waals surface area contributed by atoms with Crippen LogP contribution in [0, 0.1) is 11.8 Å². The van der Waals surface area contributed by atoms with Crippen molar-refractivity contribution in [2.45, 2.75) is 129 Å². The average molecular weight is 722 g/mol. The first-order chi connectivity index (χ1) is 23.9. The van der Waals surface area contributed by atoms with E-state index in [4.69, 9.17) is 14.6 Å². The Labute approximate surface area is 306 Å². The van der Waals surface area contributed by atoms with Crippen molar-refractivity contribution in [1.82, 2.24) is 25.8 Å². The molecule has 8 atom stereocenters. The van der Waals surface area contributed by atoms with Crippen molar-refractivity contribution in [3.8, 4) is 0 Å². The summed E-state index contributed by atoms with van der Waals surface area (Å²) in [6.07, 6.45) is 0.0264. The highest BCUT2D eigenvalue weighted by Crippen LogP contribution is 2.29. The van der Waals surface area contributed by atoms with E-state index in [0.717, 1.165) is 12.8 Å². The smallest absolute Gasteiger partial charge is 0.242 e. The summed E-state index contributed by atoms with van der Waals surface area (Å²) in [7, 11) is 6.45. The minimum atomic E-state index is -0.871. The normalized spacial score (nSPS) is 18.7. The standard InChI is InChI=1S/C35H59N5O7.C3H8O/c1-11-22(2)30(39(8)29(42)21-37-34(45)35(5,6)36-7)27(46-9)20-28(41)40-19-15-18-26(40)32(47-10)23(3)33(44)38-24(4)31(43)25-16-13-12-14-17-25;1-3(2)4/h12-14,16-17,22-24,26-27,30-32,36,43H,11,15,18-21H2,1-10H3,(H,37,45)(H,38,44);3-4H,1-2H3. The first kappa shape index (κ1) is 45.9. The molecule has 4 amide bonds. The van der Waals surface area contributed by atoms with Crippen LogP contribution in [-0.2, 0) is 28.7 Å². The van der Waals surface area contributed by atoms with E-state index in [-0.39, 0.29) is 54.7 Å². The van der Waals surface area contributed by atoms with E-state index >= 15 is 0 Å². The average Bonchev–Trinajstić information content (AvgIpc) is 3.59. The van der Waals surface area contributed by atoms with Crippen LogP contribution in [0.25, 0.3) is 0 Å². The van der Waals surface area contributed by atoms with Crippen molar-refractivity contribution in [3.05, 3.63) is 35.9 Å². The third-order valence-electron chi connectivity index (χ3n) is 9.88. The zero-order valence-electron chi connectivity index (χ0n) is 33.1. The molecular formula is C38H67N5O8. The van der Waals surface area contributed by atoms with Crippen LogP contribution in [-0.4, -0.2) is 127 Å². The van der Waals surface area contributed by atoms with Crippen LogP contribution < -0.4 is 16.0 Å². The predicted molar refractivity (Wildman–Crippen MR) is 199 cm³/mol. The van der Waals surface area contributed by atoms with Crippen LogP contribution in [0.2, 0.25) is 0 Å². The molecule has 13 nitrogen and oxygen atoms in total. The van der Waals surface area contributed by atoms with Crippen molar-refractivity contribution < 1.29 is 38.9 Å². The molecule has 1 aliphatic heterocycles. The molecular weight excluding hydrogens is 654 g/mol. The van der Waals surface area contributed by atoms with Crippen molar-refractivity contribution in [1.29, 1.82) is 0 Å². The summed E-state index contributed by atoms with van der Waals surface area (Å²) in [4.78, 5) is 56.5. The number of benzene rings is 1. The third-order valence-corrected chi connectivity index (χ3v) is 9.88. The lowest BCUT2D eigenvalue weighted by Crippen LogP contribution is -2.56. The number of ether oxygens (including phenoxy) is 2. The summed E-state index contributed by atoms with van der Waals surface area (Å²) >= 11 is 0. The van der Waals surface area contributed by atoms with E-state index in [2.05, 4.69) is 16.0 Å². The zero-order valence-corrected chi connectivity index (χ0v) is 33.1. The van der Waals surface area contributed by atoms with E-state index < -0.39 is 41.9 Å². The number of amides is 4. The van der Waals surface area contributed by atoms with Gasteiger partial charge in [-0.15, -0.1) is 0 Å². The second-order valence-electron chi connectivity index (χ2n) is 14.4. The van der Waals surface area contributed by atoms with Crippen LogP contribution in [0.15, 0.2) is 30.3 Å². The van der Waals surface area contributed by atoms with Crippen molar-refractivity contribution in [2.24, 2.45) is 11.8 Å². The topological polar surface area (TPSA) is 170 Å². The second kappa shape index (κ2) is 22.1. The van der Waals surface area contributed by atoms with Gasteiger partial charge in [-0.1, -0.05) is 57.5 Å². The van der Waals surface area contributed by atoms with Gasteiger partial charge in [0, 0.05) is 33.9 Å². The van der Waals surface area contributed by atoms with Gasteiger partial charge < -0.3 is 45.4 Å². The fourth-order valence-electron chi connectivity index (χ4n) is 6.31. The highest BCUT2D eigenvalue weighted by Gasteiger charge is 2.42. The Balaban J connectivity index is 0.00000308. The number of hydrogen-bond donors (Lipinski definition) is 5. The number of carbonyl (C=O) groups is 4. The largest absolute Gasteiger partial charge is 0.394 e. The third kappa shape index (κ3) is 13.8. The molecule has 8 unspecified atom stereocenters. The highest BCUT2D eigenvalue weighted by atomic mass is 16.5. The molecule has 1 heterocycles. The number of rotatable bonds is 18. The molecule has 5 N–H and O–H groups in total. The lowest BCUT2D eigenvalue weighted by atomic mass is 9.90. The van der Waals surface area contributed by atoms with Gasteiger partial charge in [-0.25, -0.2) is 0 Å². The lowest BCUT2D eigenvalue weighted by Gasteiger charge is -2.39. The lowest BCUT2D eigenvalue weighted by molar-refractivity contribution is -0.146. The van der Waals surface area contributed by atoms with Crippen molar-refractivity contribution in [2.75, 3.05) is 41.4 Å². The Morgan fingerprint density at radius 3 is 2.12 bits per heavy atom. The number of likely N-dealkylation sites (N-methyl/N-ethyl adjacent to an activating group) is 2. The van der Waals surface area contributed by atoms with Crippen molar-refractivity contribution in [3.63, 3.8) is 0 Å². The Morgan fingerprint density at radius 2 is 1.61 bits per heavy atom. The first-order valence-electron chi connectivity index (χ1n) is 18.2. The molecule has 1 aromatic rings. The summed E-state index contributed by atoms with van der Waals surface area (Å²) in [6.45, 7) is 14.8. The molecule has 292 valence electrons. The summed E-state index contributed by atoms with van der Waals surface area (Å²) in [5.41, 5.74) is -0.121. The van der Waals surface area contributed by atoms with Crippen LogP contribution in [0.1, 0.15) is 92.7 Å². The van der Waals surface area contributed by atoms with Gasteiger partial charge >= 0.3 is 0 Å². The molecule has 1 aliphatic rings. The summed E-state index contributed by atoms with van der Waals surface area (Å²) < 4.78 is 11.8. The maximum atomic E-state index is 13.9. The molecule has 51 heavy (non-hydrogen) atoms. The summed E-state index contributed by atoms with van der Waals surface area (Å²) in [5.74, 6) is -1.57. The molecule has 0 aromatic heterocycles. The number of methoxy groups -OCH3 is 2. The van der Waals surface area contributed by atoms with Gasteiger partial charge in [0.1, 0.15) is 0 Å². The Kier molecular flexibility index (Phi) is 19.9. The Hall–Kier alpha value is -3.10. The second-order valence-corrected chi connectivity index (χ2v) is 14.4. The van der Waals surface area contributed by atoms with E-state index in [1.807, 2.05) is 44.2 Å². The summed E-state index contributed by atoms with van der Waals surface area (Å²) in [6, 6.07) is 7.89. The molecule has 0 radical (unpaired) electrons.